The van der Waals surface area contributed by atoms with Crippen LogP contribution in [0.25, 0.3) is 0 Å². The van der Waals surface area contributed by atoms with Gasteiger partial charge in [-0.05, 0) is 25.2 Å². The molecule has 0 bridgehead atoms. The third-order valence-electron chi connectivity index (χ3n) is 3.72. The van der Waals surface area contributed by atoms with E-state index in [0.29, 0.717) is 25.7 Å². The van der Waals surface area contributed by atoms with Crippen LogP contribution < -0.4 is 0 Å². The van der Waals surface area contributed by atoms with Crippen LogP contribution >= 0.6 is 0 Å². The number of carbonyl (C=O) groups is 2. The fraction of sp³-hybridized carbons (Fsp3) is 0.889. The summed E-state index contributed by atoms with van der Waals surface area (Å²) in [7, 11) is 1.68. The number of hydrogen-bond acceptors (Lipinski definition) is 5. The van der Waals surface area contributed by atoms with Gasteiger partial charge in [-0.1, -0.05) is 39.5 Å². The van der Waals surface area contributed by atoms with E-state index >= 15 is 0 Å². The Morgan fingerprint density at radius 2 is 1.48 bits per heavy atom. The van der Waals surface area contributed by atoms with E-state index in [2.05, 4.69) is 6.92 Å². The predicted molar refractivity (Wildman–Crippen MR) is 90.2 cm³/mol. The summed E-state index contributed by atoms with van der Waals surface area (Å²) < 4.78 is 15.4. The van der Waals surface area contributed by atoms with Crippen molar-refractivity contribution in [3.05, 3.63) is 0 Å². The van der Waals surface area contributed by atoms with Crippen LogP contribution in [0.15, 0.2) is 0 Å². The van der Waals surface area contributed by atoms with E-state index < -0.39 is 0 Å². The quantitative estimate of drug-likeness (QED) is 0.337. The van der Waals surface area contributed by atoms with Gasteiger partial charge in [0.05, 0.1) is 26.1 Å². The molecule has 0 aliphatic rings. The fourth-order valence-corrected chi connectivity index (χ4v) is 2.17. The van der Waals surface area contributed by atoms with Gasteiger partial charge in [0.1, 0.15) is 0 Å². The smallest absolute Gasteiger partial charge is 0.306 e. The summed E-state index contributed by atoms with van der Waals surface area (Å²) in [6, 6.07) is 0. The van der Waals surface area contributed by atoms with Crippen molar-refractivity contribution < 1.29 is 23.8 Å². The number of hydrogen-bond donors (Lipinski definition) is 0. The summed E-state index contributed by atoms with van der Waals surface area (Å²) in [4.78, 5) is 23.2. The van der Waals surface area contributed by atoms with Gasteiger partial charge in [0, 0.05) is 13.7 Å². The van der Waals surface area contributed by atoms with Crippen LogP contribution in [0.5, 0.6) is 0 Å². The topological polar surface area (TPSA) is 61.8 Å². The lowest BCUT2D eigenvalue weighted by Crippen LogP contribution is -2.17. The largest absolute Gasteiger partial charge is 0.466 e. The zero-order valence-corrected chi connectivity index (χ0v) is 15.1. The molecule has 0 aromatic rings. The van der Waals surface area contributed by atoms with E-state index in [1.54, 1.807) is 7.11 Å². The zero-order chi connectivity index (χ0) is 17.3. The first-order valence-electron chi connectivity index (χ1n) is 8.94. The Balaban J connectivity index is 3.88. The third kappa shape index (κ3) is 14.2. The molecule has 0 heterocycles. The van der Waals surface area contributed by atoms with Crippen molar-refractivity contribution >= 4 is 11.9 Å². The Bertz CT molecular complexity index is 304. The van der Waals surface area contributed by atoms with Gasteiger partial charge >= 0.3 is 11.9 Å². The lowest BCUT2D eigenvalue weighted by Gasteiger charge is -2.16. The lowest BCUT2D eigenvalue weighted by atomic mass is 9.99. The van der Waals surface area contributed by atoms with Crippen molar-refractivity contribution in [2.45, 2.75) is 71.6 Å². The van der Waals surface area contributed by atoms with E-state index in [9.17, 15) is 9.59 Å². The number of rotatable bonds is 15. The molecule has 0 saturated carbocycles. The minimum absolute atomic E-state index is 0.0942. The Hall–Kier alpha value is -1.10. The second-order valence-electron chi connectivity index (χ2n) is 5.90. The van der Waals surface area contributed by atoms with Crippen molar-refractivity contribution in [2.24, 2.45) is 5.92 Å². The van der Waals surface area contributed by atoms with E-state index in [4.69, 9.17) is 14.2 Å². The Kier molecular flexibility index (Phi) is 15.0. The molecule has 0 N–H and O–H groups in total. The molecule has 23 heavy (non-hydrogen) atoms. The number of unbranched alkanes of at least 4 members (excludes halogenated alkanes) is 3. The Labute approximate surface area is 141 Å². The maximum absolute atomic E-state index is 11.7. The molecule has 0 aliphatic carbocycles. The van der Waals surface area contributed by atoms with Gasteiger partial charge in [-0.3, -0.25) is 9.59 Å². The van der Waals surface area contributed by atoms with Crippen LogP contribution in [0.3, 0.4) is 0 Å². The highest BCUT2D eigenvalue weighted by Gasteiger charge is 2.13. The average molecular weight is 330 g/mol. The molecule has 0 fully saturated rings. The summed E-state index contributed by atoms with van der Waals surface area (Å²) in [5.41, 5.74) is 0. The van der Waals surface area contributed by atoms with E-state index in [-0.39, 0.29) is 24.8 Å². The summed E-state index contributed by atoms with van der Waals surface area (Å²) in [5, 5.41) is 0. The summed E-state index contributed by atoms with van der Waals surface area (Å²) in [5.74, 6) is -0.313. The Morgan fingerprint density at radius 1 is 0.826 bits per heavy atom. The maximum atomic E-state index is 11.7. The minimum Gasteiger partial charge on any atom is -0.466 e. The molecule has 0 saturated heterocycles. The third-order valence-corrected chi connectivity index (χ3v) is 3.72. The highest BCUT2D eigenvalue weighted by atomic mass is 16.5. The maximum Gasteiger partial charge on any atom is 0.306 e. The molecule has 1 unspecified atom stereocenters. The van der Waals surface area contributed by atoms with Gasteiger partial charge in [-0.25, -0.2) is 0 Å². The van der Waals surface area contributed by atoms with Crippen molar-refractivity contribution in [3.8, 4) is 0 Å². The SMILES string of the molecule is CCCCCC(CCOC)COC(=O)CCC(=O)OCCCC. The summed E-state index contributed by atoms with van der Waals surface area (Å²) in [6.45, 7) is 5.73. The number of ether oxygens (including phenoxy) is 3. The van der Waals surface area contributed by atoms with Crippen LogP contribution in [-0.4, -0.2) is 38.9 Å². The normalized spacial score (nSPS) is 12.0. The van der Waals surface area contributed by atoms with Gasteiger partial charge in [0.2, 0.25) is 0 Å². The van der Waals surface area contributed by atoms with Crippen LogP contribution in [0.2, 0.25) is 0 Å². The molecular weight excluding hydrogens is 296 g/mol. The molecule has 1 atom stereocenters. The van der Waals surface area contributed by atoms with Crippen LogP contribution in [0.4, 0.5) is 0 Å². The minimum atomic E-state index is -0.325. The molecule has 5 nitrogen and oxygen atoms in total. The first kappa shape index (κ1) is 21.9. The molecule has 0 aromatic heterocycles. The standard InChI is InChI=1S/C18H34O5/c1-4-6-8-9-16(12-14-21-3)15-23-18(20)11-10-17(19)22-13-7-5-2/h16H,4-15H2,1-3H3. The van der Waals surface area contributed by atoms with E-state index in [1.807, 2.05) is 6.92 Å². The van der Waals surface area contributed by atoms with Gasteiger partial charge in [-0.2, -0.15) is 0 Å². The van der Waals surface area contributed by atoms with Crippen LogP contribution in [-0.2, 0) is 23.8 Å². The fourth-order valence-electron chi connectivity index (χ4n) is 2.17. The molecule has 0 radical (unpaired) electrons. The second kappa shape index (κ2) is 15.8. The summed E-state index contributed by atoms with van der Waals surface area (Å²) in [6.07, 6.45) is 7.49. The van der Waals surface area contributed by atoms with Gasteiger partial charge in [0.15, 0.2) is 0 Å². The molecule has 0 aromatic carbocycles. The molecule has 0 aliphatic heterocycles. The zero-order valence-electron chi connectivity index (χ0n) is 15.1. The van der Waals surface area contributed by atoms with E-state index in [1.165, 1.54) is 12.8 Å². The van der Waals surface area contributed by atoms with Crippen LogP contribution in [0.1, 0.15) is 71.6 Å². The van der Waals surface area contributed by atoms with Gasteiger partial charge < -0.3 is 14.2 Å². The van der Waals surface area contributed by atoms with Crippen LogP contribution in [0, 0.1) is 5.92 Å². The summed E-state index contributed by atoms with van der Waals surface area (Å²) >= 11 is 0. The second-order valence-corrected chi connectivity index (χ2v) is 5.90. The van der Waals surface area contributed by atoms with Crippen molar-refractivity contribution in [1.82, 2.24) is 0 Å². The molecule has 5 heteroatoms. The molecule has 0 spiro atoms. The van der Waals surface area contributed by atoms with Crippen molar-refractivity contribution in [2.75, 3.05) is 26.9 Å². The number of methoxy groups -OCH3 is 1. The molecule has 0 rings (SSSR count). The van der Waals surface area contributed by atoms with Crippen molar-refractivity contribution in [3.63, 3.8) is 0 Å². The first-order valence-corrected chi connectivity index (χ1v) is 8.94. The lowest BCUT2D eigenvalue weighted by molar-refractivity contribution is -0.151. The number of esters is 2. The van der Waals surface area contributed by atoms with Crippen molar-refractivity contribution in [1.29, 1.82) is 0 Å². The van der Waals surface area contributed by atoms with Gasteiger partial charge in [0.25, 0.3) is 0 Å². The monoisotopic (exact) mass is 330 g/mol. The average Bonchev–Trinajstić information content (AvgIpc) is 2.55. The highest BCUT2D eigenvalue weighted by molar-refractivity contribution is 5.77. The molecule has 0 amide bonds. The predicted octanol–water partition coefficient (Wildman–Crippen LogP) is 3.89. The highest BCUT2D eigenvalue weighted by Crippen LogP contribution is 2.15. The molecular formula is C18H34O5. The van der Waals surface area contributed by atoms with Gasteiger partial charge in [-0.15, -0.1) is 0 Å². The molecule has 136 valence electrons. The Morgan fingerprint density at radius 3 is 2.09 bits per heavy atom. The van der Waals surface area contributed by atoms with E-state index in [0.717, 1.165) is 32.1 Å². The first-order chi connectivity index (χ1) is 11.1. The number of carbonyl (C=O) groups excluding carboxylic acids is 2.